The average molecular weight is 275 g/mol. The minimum atomic E-state index is -0.857. The predicted molar refractivity (Wildman–Crippen MR) is 69.7 cm³/mol. The number of rotatable bonds is 3. The van der Waals surface area contributed by atoms with Crippen molar-refractivity contribution in [3.8, 4) is 0 Å². The van der Waals surface area contributed by atoms with Crippen LogP contribution in [0.4, 0.5) is 0 Å². The number of hydrogen-bond acceptors (Lipinski definition) is 4. The molecule has 0 radical (unpaired) electrons. The van der Waals surface area contributed by atoms with Crippen molar-refractivity contribution < 1.29 is 14.7 Å². The molecule has 0 bridgehead atoms. The smallest absolute Gasteiger partial charge is 0.309 e. The Morgan fingerprint density at radius 1 is 1.40 bits per heavy atom. The highest BCUT2D eigenvalue weighted by atomic mass is 16.4. The van der Waals surface area contributed by atoms with E-state index in [1.807, 2.05) is 0 Å². The van der Waals surface area contributed by atoms with Crippen LogP contribution in [0.2, 0.25) is 0 Å². The summed E-state index contributed by atoms with van der Waals surface area (Å²) < 4.78 is 0. The molecule has 20 heavy (non-hydrogen) atoms. The van der Waals surface area contributed by atoms with E-state index in [0.717, 1.165) is 12.8 Å². The zero-order chi connectivity index (χ0) is 14.3. The van der Waals surface area contributed by atoms with E-state index >= 15 is 0 Å². The second-order valence-corrected chi connectivity index (χ2v) is 5.49. The first-order valence-electron chi connectivity index (χ1n) is 6.91. The molecule has 1 N–H and O–H groups in total. The normalized spacial score (nSPS) is 26.6. The van der Waals surface area contributed by atoms with E-state index in [9.17, 15) is 14.7 Å². The Morgan fingerprint density at radius 2 is 2.15 bits per heavy atom. The zero-order valence-electron chi connectivity index (χ0n) is 11.3. The molecule has 1 aromatic rings. The van der Waals surface area contributed by atoms with Crippen molar-refractivity contribution in [2.24, 2.45) is 5.92 Å². The van der Waals surface area contributed by atoms with Crippen LogP contribution in [-0.4, -0.2) is 37.9 Å². The summed E-state index contributed by atoms with van der Waals surface area (Å²) in [5, 5.41) is 9.46. The molecule has 3 rings (SSSR count). The summed E-state index contributed by atoms with van der Waals surface area (Å²) in [4.78, 5) is 33.9. The van der Waals surface area contributed by atoms with Crippen LogP contribution in [0, 0.1) is 12.8 Å². The molecular weight excluding hydrogens is 258 g/mol. The molecule has 1 saturated heterocycles. The fraction of sp³-hybridized carbons (Fsp3) is 0.571. The zero-order valence-corrected chi connectivity index (χ0v) is 11.3. The standard InChI is InChI=1S/C14H17N3O3/c1-8-15-7-6-11(16-8)13-10(14(19)20)4-5-12(18)17(13)9-2-3-9/h6-7,9-10,13H,2-5H2,1H3,(H,19,20). The van der Waals surface area contributed by atoms with Crippen LogP contribution in [0.3, 0.4) is 0 Å². The van der Waals surface area contributed by atoms with Gasteiger partial charge in [0.15, 0.2) is 0 Å². The lowest BCUT2D eigenvalue weighted by molar-refractivity contribution is -0.152. The lowest BCUT2D eigenvalue weighted by atomic mass is 9.86. The van der Waals surface area contributed by atoms with E-state index < -0.39 is 17.9 Å². The monoisotopic (exact) mass is 275 g/mol. The van der Waals surface area contributed by atoms with Crippen LogP contribution in [0.25, 0.3) is 0 Å². The number of carboxylic acids is 1. The van der Waals surface area contributed by atoms with E-state index in [2.05, 4.69) is 9.97 Å². The maximum absolute atomic E-state index is 12.2. The number of aromatic nitrogens is 2. The molecule has 2 heterocycles. The summed E-state index contributed by atoms with van der Waals surface area (Å²) in [6.45, 7) is 1.77. The van der Waals surface area contributed by atoms with Gasteiger partial charge < -0.3 is 10.0 Å². The second-order valence-electron chi connectivity index (χ2n) is 5.49. The number of carbonyl (C=O) groups excluding carboxylic acids is 1. The number of aryl methyl sites for hydroxylation is 1. The molecule has 2 atom stereocenters. The highest BCUT2D eigenvalue weighted by Crippen LogP contribution is 2.42. The summed E-state index contributed by atoms with van der Waals surface area (Å²) in [6, 6.07) is 1.45. The first kappa shape index (κ1) is 13.0. The third-order valence-corrected chi connectivity index (χ3v) is 4.00. The predicted octanol–water partition coefficient (Wildman–Crippen LogP) is 1.31. The number of carboxylic acid groups (broad SMARTS) is 1. The summed E-state index contributed by atoms with van der Waals surface area (Å²) in [5.74, 6) is -0.793. The SMILES string of the molecule is Cc1nccc(C2C(C(=O)O)CCC(=O)N2C2CC2)n1. The van der Waals surface area contributed by atoms with Crippen LogP contribution in [0.5, 0.6) is 0 Å². The number of carbonyl (C=O) groups is 2. The van der Waals surface area contributed by atoms with Crippen molar-refractivity contribution in [1.29, 1.82) is 0 Å². The molecule has 2 aliphatic rings. The molecule has 0 aromatic carbocycles. The summed E-state index contributed by atoms with van der Waals surface area (Å²) in [6.07, 6.45) is 4.23. The lowest BCUT2D eigenvalue weighted by Gasteiger charge is -2.39. The van der Waals surface area contributed by atoms with Crippen LogP contribution in [0.1, 0.15) is 43.2 Å². The van der Waals surface area contributed by atoms with Crippen molar-refractivity contribution in [3.05, 3.63) is 23.8 Å². The topological polar surface area (TPSA) is 83.4 Å². The minimum absolute atomic E-state index is 0.0475. The molecule has 6 nitrogen and oxygen atoms in total. The third kappa shape index (κ3) is 2.26. The second kappa shape index (κ2) is 4.85. The molecule has 0 spiro atoms. The number of amides is 1. The van der Waals surface area contributed by atoms with Crippen molar-refractivity contribution in [2.75, 3.05) is 0 Å². The van der Waals surface area contributed by atoms with Crippen LogP contribution in [-0.2, 0) is 9.59 Å². The Kier molecular flexibility index (Phi) is 3.16. The number of nitrogens with zero attached hydrogens (tertiary/aromatic N) is 3. The molecule has 1 saturated carbocycles. The summed E-state index contributed by atoms with van der Waals surface area (Å²) >= 11 is 0. The number of likely N-dealkylation sites (tertiary alicyclic amines) is 1. The summed E-state index contributed by atoms with van der Waals surface area (Å²) in [5.41, 5.74) is 0.643. The largest absolute Gasteiger partial charge is 0.481 e. The van der Waals surface area contributed by atoms with E-state index in [1.54, 1.807) is 24.1 Å². The molecular formula is C14H17N3O3. The van der Waals surface area contributed by atoms with Crippen molar-refractivity contribution in [2.45, 2.75) is 44.7 Å². The van der Waals surface area contributed by atoms with Crippen LogP contribution >= 0.6 is 0 Å². The van der Waals surface area contributed by atoms with Gasteiger partial charge in [-0.1, -0.05) is 0 Å². The lowest BCUT2D eigenvalue weighted by Crippen LogP contribution is -2.46. The molecule has 2 fully saturated rings. The molecule has 106 valence electrons. The molecule has 6 heteroatoms. The van der Waals surface area contributed by atoms with Crippen LogP contribution in [0.15, 0.2) is 12.3 Å². The fourth-order valence-corrected chi connectivity index (χ4v) is 2.94. The Balaban J connectivity index is 2.02. The first-order valence-corrected chi connectivity index (χ1v) is 6.91. The van der Waals surface area contributed by atoms with E-state index in [-0.39, 0.29) is 11.9 Å². The van der Waals surface area contributed by atoms with Gasteiger partial charge in [0.25, 0.3) is 0 Å². The molecule has 1 aliphatic carbocycles. The Morgan fingerprint density at radius 3 is 2.75 bits per heavy atom. The van der Waals surface area contributed by atoms with Gasteiger partial charge in [-0.05, 0) is 32.3 Å². The van der Waals surface area contributed by atoms with Crippen molar-refractivity contribution >= 4 is 11.9 Å². The maximum Gasteiger partial charge on any atom is 0.309 e. The van der Waals surface area contributed by atoms with Gasteiger partial charge in [-0.25, -0.2) is 9.97 Å². The van der Waals surface area contributed by atoms with Crippen molar-refractivity contribution in [1.82, 2.24) is 14.9 Å². The van der Waals surface area contributed by atoms with Gasteiger partial charge in [0, 0.05) is 18.7 Å². The van der Waals surface area contributed by atoms with Gasteiger partial charge in [0.05, 0.1) is 17.7 Å². The van der Waals surface area contributed by atoms with Gasteiger partial charge in [0.1, 0.15) is 5.82 Å². The van der Waals surface area contributed by atoms with E-state index in [0.29, 0.717) is 24.4 Å². The van der Waals surface area contributed by atoms with Gasteiger partial charge >= 0.3 is 5.97 Å². The number of piperidine rings is 1. The highest BCUT2D eigenvalue weighted by molar-refractivity contribution is 5.82. The Labute approximate surface area is 116 Å². The van der Waals surface area contributed by atoms with E-state index in [4.69, 9.17) is 0 Å². The number of aliphatic carboxylic acids is 1. The Hall–Kier alpha value is -1.98. The molecule has 2 unspecified atom stereocenters. The van der Waals surface area contributed by atoms with Gasteiger partial charge in [-0.3, -0.25) is 9.59 Å². The average Bonchev–Trinajstić information content (AvgIpc) is 3.22. The Bertz CT molecular complexity index is 556. The van der Waals surface area contributed by atoms with Crippen molar-refractivity contribution in [3.63, 3.8) is 0 Å². The van der Waals surface area contributed by atoms with Gasteiger partial charge in [0.2, 0.25) is 5.91 Å². The van der Waals surface area contributed by atoms with E-state index in [1.165, 1.54) is 0 Å². The third-order valence-electron chi connectivity index (χ3n) is 4.00. The minimum Gasteiger partial charge on any atom is -0.481 e. The maximum atomic E-state index is 12.2. The molecule has 1 amide bonds. The number of hydrogen-bond donors (Lipinski definition) is 1. The van der Waals surface area contributed by atoms with Gasteiger partial charge in [-0.2, -0.15) is 0 Å². The fourth-order valence-electron chi connectivity index (χ4n) is 2.94. The van der Waals surface area contributed by atoms with Crippen LogP contribution < -0.4 is 0 Å². The highest BCUT2D eigenvalue weighted by Gasteiger charge is 2.47. The van der Waals surface area contributed by atoms with Gasteiger partial charge in [-0.15, -0.1) is 0 Å². The quantitative estimate of drug-likeness (QED) is 0.899. The molecule has 1 aliphatic heterocycles. The molecule has 1 aromatic heterocycles. The summed E-state index contributed by atoms with van der Waals surface area (Å²) in [7, 11) is 0. The first-order chi connectivity index (χ1) is 9.58.